The number of nitrogens with zero attached hydrogens (tertiary/aromatic N) is 2. The molecule has 0 aliphatic carbocycles. The molecule has 0 spiro atoms. The average Bonchev–Trinajstić information content (AvgIpc) is 3.05. The lowest BCUT2D eigenvalue weighted by Gasteiger charge is -2.34. The number of carbonyl (C=O) groups is 1. The molecule has 2 atom stereocenters. The summed E-state index contributed by atoms with van der Waals surface area (Å²) in [7, 11) is 0. The first-order valence-corrected chi connectivity index (χ1v) is 9.24. The molecule has 2 aromatic rings. The van der Waals surface area contributed by atoms with Gasteiger partial charge in [-0.05, 0) is 51.1 Å². The second kappa shape index (κ2) is 6.01. The molecule has 1 aliphatic rings. The molecule has 118 valence electrons. The number of thiophene rings is 1. The molecule has 1 aliphatic heterocycles. The molecule has 0 bridgehead atoms. The largest absolute Gasteiger partial charge is 0.331 e. The monoisotopic (exact) mass is 335 g/mol. The van der Waals surface area contributed by atoms with E-state index >= 15 is 0 Å². The van der Waals surface area contributed by atoms with Crippen molar-refractivity contribution in [2.75, 3.05) is 6.54 Å². The Balaban J connectivity index is 1.71. The van der Waals surface area contributed by atoms with Crippen molar-refractivity contribution in [2.45, 2.75) is 46.2 Å². The number of thiazole rings is 1. The fourth-order valence-corrected chi connectivity index (χ4v) is 4.96. The number of aryl methyl sites for hydroxylation is 2. The van der Waals surface area contributed by atoms with Crippen molar-refractivity contribution >= 4 is 28.7 Å². The van der Waals surface area contributed by atoms with E-state index < -0.39 is 0 Å². The van der Waals surface area contributed by atoms with Crippen molar-refractivity contribution in [3.8, 4) is 0 Å². The third-order valence-corrected chi connectivity index (χ3v) is 6.46. The Morgan fingerprint density at radius 3 is 2.95 bits per heavy atom. The zero-order valence-electron chi connectivity index (χ0n) is 13.3. The molecule has 2 aromatic heterocycles. The number of amides is 2. The molecule has 2 amide bonds. The van der Waals surface area contributed by atoms with Crippen LogP contribution >= 0.6 is 22.7 Å². The van der Waals surface area contributed by atoms with Gasteiger partial charge in [0.1, 0.15) is 0 Å². The molecular formula is C16H21N3OS2. The van der Waals surface area contributed by atoms with Crippen LogP contribution in [0.3, 0.4) is 0 Å². The van der Waals surface area contributed by atoms with Crippen molar-refractivity contribution in [1.82, 2.24) is 15.2 Å². The van der Waals surface area contributed by atoms with Crippen LogP contribution < -0.4 is 5.32 Å². The van der Waals surface area contributed by atoms with Crippen molar-refractivity contribution in [1.29, 1.82) is 0 Å². The highest BCUT2D eigenvalue weighted by atomic mass is 32.1. The summed E-state index contributed by atoms with van der Waals surface area (Å²) in [4.78, 5) is 21.6. The van der Waals surface area contributed by atoms with Crippen molar-refractivity contribution < 1.29 is 4.79 Å². The standard InChI is InChI=1S/C16H21N3OS2/c1-9-15(22-12(4)17-9)10(2)18-16(20)19-7-5-14-13(11(19)3)6-8-21-14/h6,8,10-11H,5,7H2,1-4H3,(H,18,20)/t10-,11-/m0/s1. The lowest BCUT2D eigenvalue weighted by atomic mass is 10.0. The Bertz CT molecular complexity index is 691. The number of rotatable bonds is 2. The van der Waals surface area contributed by atoms with Gasteiger partial charge in [0, 0.05) is 16.3 Å². The zero-order chi connectivity index (χ0) is 15.9. The van der Waals surface area contributed by atoms with Gasteiger partial charge in [0.25, 0.3) is 0 Å². The van der Waals surface area contributed by atoms with Crippen LogP contribution in [0.1, 0.15) is 52.0 Å². The number of urea groups is 1. The molecule has 0 radical (unpaired) electrons. The molecular weight excluding hydrogens is 314 g/mol. The Labute approximate surface area is 139 Å². The third-order valence-electron chi connectivity index (χ3n) is 4.21. The molecule has 0 fully saturated rings. The Morgan fingerprint density at radius 2 is 2.27 bits per heavy atom. The molecule has 1 N–H and O–H groups in total. The molecule has 0 saturated carbocycles. The van der Waals surface area contributed by atoms with E-state index in [-0.39, 0.29) is 18.1 Å². The minimum absolute atomic E-state index is 0.00484. The molecule has 6 heteroatoms. The van der Waals surface area contributed by atoms with Crippen LogP contribution in [0.15, 0.2) is 11.4 Å². The van der Waals surface area contributed by atoms with E-state index in [9.17, 15) is 4.79 Å². The van der Waals surface area contributed by atoms with Gasteiger partial charge in [0.05, 0.1) is 22.8 Å². The first-order valence-electron chi connectivity index (χ1n) is 7.54. The summed E-state index contributed by atoms with van der Waals surface area (Å²) in [5.74, 6) is 0. The number of fused-ring (bicyclic) bond motifs is 1. The highest BCUT2D eigenvalue weighted by Crippen LogP contribution is 2.33. The van der Waals surface area contributed by atoms with Gasteiger partial charge < -0.3 is 10.2 Å². The van der Waals surface area contributed by atoms with E-state index in [1.54, 1.807) is 22.7 Å². The van der Waals surface area contributed by atoms with Crippen LogP contribution in [0.4, 0.5) is 4.79 Å². The quantitative estimate of drug-likeness (QED) is 0.893. The van der Waals surface area contributed by atoms with E-state index in [2.05, 4.69) is 28.7 Å². The second-order valence-electron chi connectivity index (χ2n) is 5.77. The lowest BCUT2D eigenvalue weighted by Crippen LogP contribution is -2.45. The topological polar surface area (TPSA) is 45.2 Å². The van der Waals surface area contributed by atoms with Gasteiger partial charge in [0.2, 0.25) is 0 Å². The fraction of sp³-hybridized carbons (Fsp3) is 0.500. The lowest BCUT2D eigenvalue weighted by molar-refractivity contribution is 0.172. The summed E-state index contributed by atoms with van der Waals surface area (Å²) >= 11 is 3.45. The minimum atomic E-state index is -0.00484. The maximum Gasteiger partial charge on any atom is 0.318 e. The van der Waals surface area contributed by atoms with Gasteiger partial charge in [-0.15, -0.1) is 22.7 Å². The summed E-state index contributed by atoms with van der Waals surface area (Å²) in [5.41, 5.74) is 2.31. The van der Waals surface area contributed by atoms with Crippen LogP contribution in [0.2, 0.25) is 0 Å². The summed E-state index contributed by atoms with van der Waals surface area (Å²) in [6.45, 7) is 8.93. The Hall–Kier alpha value is -1.40. The van der Waals surface area contributed by atoms with E-state index in [4.69, 9.17) is 0 Å². The fourth-order valence-electron chi connectivity index (χ4n) is 3.07. The van der Waals surface area contributed by atoms with Crippen LogP contribution in [0.25, 0.3) is 0 Å². The molecule has 0 unspecified atom stereocenters. The number of hydrogen-bond acceptors (Lipinski definition) is 4. The SMILES string of the molecule is Cc1nc(C)c([C@H](C)NC(=O)N2CCc3sccc3[C@@H]2C)s1. The summed E-state index contributed by atoms with van der Waals surface area (Å²) in [5, 5.41) is 6.30. The zero-order valence-corrected chi connectivity index (χ0v) is 15.0. The van der Waals surface area contributed by atoms with Gasteiger partial charge in [-0.3, -0.25) is 0 Å². The number of aromatic nitrogens is 1. The van der Waals surface area contributed by atoms with Crippen LogP contribution in [0, 0.1) is 13.8 Å². The first kappa shape index (κ1) is 15.5. The molecule has 3 rings (SSSR count). The van der Waals surface area contributed by atoms with E-state index in [1.807, 2.05) is 25.7 Å². The van der Waals surface area contributed by atoms with Gasteiger partial charge in [-0.25, -0.2) is 9.78 Å². The maximum absolute atomic E-state index is 12.6. The molecule has 0 saturated heterocycles. The third kappa shape index (κ3) is 2.77. The second-order valence-corrected chi connectivity index (χ2v) is 8.01. The van der Waals surface area contributed by atoms with Crippen molar-refractivity contribution in [2.24, 2.45) is 0 Å². The Morgan fingerprint density at radius 1 is 1.50 bits per heavy atom. The Kier molecular flexibility index (Phi) is 4.23. The van der Waals surface area contributed by atoms with E-state index in [1.165, 1.54) is 10.4 Å². The van der Waals surface area contributed by atoms with Gasteiger partial charge >= 0.3 is 6.03 Å². The van der Waals surface area contributed by atoms with Crippen molar-refractivity contribution in [3.63, 3.8) is 0 Å². The van der Waals surface area contributed by atoms with Gasteiger partial charge in [-0.2, -0.15) is 0 Å². The van der Waals surface area contributed by atoms with Gasteiger partial charge in [-0.1, -0.05) is 0 Å². The normalized spacial score (nSPS) is 18.9. The number of carbonyl (C=O) groups excluding carboxylic acids is 1. The van der Waals surface area contributed by atoms with Crippen LogP contribution in [-0.2, 0) is 6.42 Å². The predicted molar refractivity (Wildman–Crippen MR) is 91.7 cm³/mol. The van der Waals surface area contributed by atoms with Crippen LogP contribution in [0.5, 0.6) is 0 Å². The predicted octanol–water partition coefficient (Wildman–Crippen LogP) is 4.21. The van der Waals surface area contributed by atoms with Crippen molar-refractivity contribution in [3.05, 3.63) is 37.5 Å². The molecule has 3 heterocycles. The first-order chi connectivity index (χ1) is 10.5. The molecule has 0 aromatic carbocycles. The van der Waals surface area contributed by atoms with E-state index in [0.717, 1.165) is 28.5 Å². The highest BCUT2D eigenvalue weighted by molar-refractivity contribution is 7.11. The average molecular weight is 335 g/mol. The highest BCUT2D eigenvalue weighted by Gasteiger charge is 2.29. The molecule has 4 nitrogen and oxygen atoms in total. The number of nitrogens with one attached hydrogen (secondary N) is 1. The summed E-state index contributed by atoms with van der Waals surface area (Å²) < 4.78 is 0. The number of hydrogen-bond donors (Lipinski definition) is 1. The van der Waals surface area contributed by atoms with Gasteiger partial charge in [0.15, 0.2) is 0 Å². The summed E-state index contributed by atoms with van der Waals surface area (Å²) in [6, 6.07) is 2.30. The smallest absolute Gasteiger partial charge is 0.318 e. The summed E-state index contributed by atoms with van der Waals surface area (Å²) in [6.07, 6.45) is 0.956. The maximum atomic E-state index is 12.6. The van der Waals surface area contributed by atoms with Crippen LogP contribution in [-0.4, -0.2) is 22.5 Å². The minimum Gasteiger partial charge on any atom is -0.331 e. The van der Waals surface area contributed by atoms with E-state index in [0.29, 0.717) is 0 Å². The molecule has 22 heavy (non-hydrogen) atoms.